The molecule has 4 aromatic rings. The molecule has 0 saturated heterocycles. The van der Waals surface area contributed by atoms with E-state index in [-0.39, 0.29) is 0 Å². The summed E-state index contributed by atoms with van der Waals surface area (Å²) >= 11 is 0. The molecule has 0 aliphatic heterocycles. The van der Waals surface area contributed by atoms with Crippen LogP contribution in [-0.2, 0) is 6.42 Å². The molecule has 1 aliphatic carbocycles. The van der Waals surface area contributed by atoms with Crippen LogP contribution in [0.4, 0.5) is 0 Å². The minimum Gasteiger partial charge on any atom is -0.0985 e. The Morgan fingerprint density at radius 1 is 0.600 bits per heavy atom. The van der Waals surface area contributed by atoms with Crippen LogP contribution < -0.4 is 0 Å². The van der Waals surface area contributed by atoms with Gasteiger partial charge in [-0.1, -0.05) is 152 Å². The SMILES string of the molecule is C1=Cc2ccccc2C1.C=Cc1ccccc1.Cc1ccccc1.c1ccccc1. The van der Waals surface area contributed by atoms with Gasteiger partial charge in [0.15, 0.2) is 0 Å². The van der Waals surface area contributed by atoms with E-state index >= 15 is 0 Å². The smallest absolute Gasteiger partial charge is 0.00882 e. The summed E-state index contributed by atoms with van der Waals surface area (Å²) in [6, 6.07) is 40.8. The molecule has 5 rings (SSSR count). The van der Waals surface area contributed by atoms with Gasteiger partial charge in [0.05, 0.1) is 0 Å². The standard InChI is InChI=1S/C9H8.C8H8.C7H8.C6H6/c1-2-5-9-7-3-6-8(9)4-1;1-2-8-6-4-3-5-7-8;1-7-5-3-2-4-6-7;1-2-4-6-5-3-1/h1-6H,7H2;2-7H,1H2;2-6H,1H3;1-6H. The maximum absolute atomic E-state index is 3.63. The van der Waals surface area contributed by atoms with E-state index in [4.69, 9.17) is 0 Å². The molecule has 0 fully saturated rings. The van der Waals surface area contributed by atoms with E-state index in [1.807, 2.05) is 91.0 Å². The molecule has 0 spiro atoms. The van der Waals surface area contributed by atoms with Gasteiger partial charge in [0.2, 0.25) is 0 Å². The molecule has 0 amide bonds. The third-order valence-corrected chi connectivity index (χ3v) is 4.33. The van der Waals surface area contributed by atoms with Crippen LogP contribution >= 0.6 is 0 Å². The summed E-state index contributed by atoms with van der Waals surface area (Å²) in [7, 11) is 0. The van der Waals surface area contributed by atoms with Crippen LogP contribution in [0.5, 0.6) is 0 Å². The van der Waals surface area contributed by atoms with Gasteiger partial charge >= 0.3 is 0 Å². The van der Waals surface area contributed by atoms with Crippen LogP contribution in [0.15, 0.2) is 134 Å². The Kier molecular flexibility index (Phi) is 10.8. The van der Waals surface area contributed by atoms with Gasteiger partial charge in [-0.05, 0) is 30.0 Å². The third kappa shape index (κ3) is 9.52. The van der Waals surface area contributed by atoms with Crippen molar-refractivity contribution in [3.8, 4) is 0 Å². The van der Waals surface area contributed by atoms with Gasteiger partial charge in [0.1, 0.15) is 0 Å². The molecular weight excluding hydrogens is 360 g/mol. The molecular formula is C30H30. The second kappa shape index (κ2) is 14.4. The lowest BCUT2D eigenvalue weighted by Crippen LogP contribution is -1.76. The molecule has 0 nitrogen and oxygen atoms in total. The summed E-state index contributed by atoms with van der Waals surface area (Å²) in [6.45, 7) is 5.71. The van der Waals surface area contributed by atoms with Gasteiger partial charge < -0.3 is 0 Å². The van der Waals surface area contributed by atoms with Crippen LogP contribution in [0.2, 0.25) is 0 Å². The molecule has 1 aliphatic rings. The van der Waals surface area contributed by atoms with Crippen LogP contribution in [0.3, 0.4) is 0 Å². The molecule has 0 heterocycles. The van der Waals surface area contributed by atoms with Crippen LogP contribution in [0.25, 0.3) is 12.2 Å². The summed E-state index contributed by atoms with van der Waals surface area (Å²) in [5, 5.41) is 0. The van der Waals surface area contributed by atoms with Crippen molar-refractivity contribution in [2.45, 2.75) is 13.3 Å². The Morgan fingerprint density at radius 3 is 1.50 bits per heavy atom. The zero-order valence-corrected chi connectivity index (χ0v) is 17.7. The Balaban J connectivity index is 0.000000144. The summed E-state index contributed by atoms with van der Waals surface area (Å²) in [5.41, 5.74) is 5.34. The molecule has 0 heteroatoms. The van der Waals surface area contributed by atoms with Gasteiger partial charge in [-0.25, -0.2) is 0 Å². The Bertz CT molecular complexity index is 941. The highest BCUT2D eigenvalue weighted by atomic mass is 14.0. The van der Waals surface area contributed by atoms with E-state index < -0.39 is 0 Å². The molecule has 0 bridgehead atoms. The summed E-state index contributed by atoms with van der Waals surface area (Å²) in [6.07, 6.45) is 7.33. The molecule has 30 heavy (non-hydrogen) atoms. The molecule has 4 aromatic carbocycles. The molecule has 0 unspecified atom stereocenters. The lowest BCUT2D eigenvalue weighted by Gasteiger charge is -1.93. The van der Waals surface area contributed by atoms with Gasteiger partial charge in [0.25, 0.3) is 0 Å². The number of rotatable bonds is 1. The van der Waals surface area contributed by atoms with Crippen molar-refractivity contribution in [3.63, 3.8) is 0 Å². The Hall–Kier alpha value is -3.64. The van der Waals surface area contributed by atoms with Crippen molar-refractivity contribution in [2.24, 2.45) is 0 Å². The third-order valence-electron chi connectivity index (χ3n) is 4.33. The number of allylic oxidation sites excluding steroid dienone is 1. The van der Waals surface area contributed by atoms with E-state index in [0.717, 1.165) is 6.42 Å². The van der Waals surface area contributed by atoms with E-state index in [1.165, 1.54) is 22.3 Å². The first kappa shape index (κ1) is 22.6. The monoisotopic (exact) mass is 390 g/mol. The first-order chi connectivity index (χ1) is 14.8. The molecule has 150 valence electrons. The maximum Gasteiger partial charge on any atom is -0.00882 e. The van der Waals surface area contributed by atoms with Crippen molar-refractivity contribution in [2.75, 3.05) is 0 Å². The fourth-order valence-corrected chi connectivity index (χ4v) is 2.70. The quantitative estimate of drug-likeness (QED) is 0.307. The Labute approximate surface area is 181 Å². The predicted octanol–water partition coefficient (Wildman–Crippen LogP) is 8.27. The first-order valence-electron chi connectivity index (χ1n) is 10.2. The molecule has 0 atom stereocenters. The minimum absolute atomic E-state index is 1.12. The minimum atomic E-state index is 1.12. The largest absolute Gasteiger partial charge is 0.0985 e. The van der Waals surface area contributed by atoms with Crippen molar-refractivity contribution in [3.05, 3.63) is 156 Å². The van der Waals surface area contributed by atoms with Crippen LogP contribution in [0, 0.1) is 6.92 Å². The number of fused-ring (bicyclic) bond motifs is 1. The normalized spacial score (nSPS) is 10.0. The van der Waals surface area contributed by atoms with Crippen molar-refractivity contribution in [1.82, 2.24) is 0 Å². The van der Waals surface area contributed by atoms with E-state index in [0.29, 0.717) is 0 Å². The zero-order valence-electron chi connectivity index (χ0n) is 17.7. The van der Waals surface area contributed by atoms with Gasteiger partial charge in [-0.3, -0.25) is 0 Å². The summed E-state index contributed by atoms with van der Waals surface area (Å²) in [4.78, 5) is 0. The molecule has 0 aromatic heterocycles. The van der Waals surface area contributed by atoms with Gasteiger partial charge in [-0.15, -0.1) is 0 Å². The van der Waals surface area contributed by atoms with Crippen LogP contribution in [0.1, 0.15) is 22.3 Å². The average Bonchev–Trinajstić information content (AvgIpc) is 3.32. The summed E-state index contributed by atoms with van der Waals surface area (Å²) in [5.74, 6) is 0. The van der Waals surface area contributed by atoms with E-state index in [9.17, 15) is 0 Å². The highest BCUT2D eigenvalue weighted by Gasteiger charge is 2.00. The predicted molar refractivity (Wildman–Crippen MR) is 133 cm³/mol. The lowest BCUT2D eigenvalue weighted by atomic mass is 10.1. The number of hydrogen-bond donors (Lipinski definition) is 0. The van der Waals surface area contributed by atoms with Gasteiger partial charge in [-0.2, -0.15) is 0 Å². The molecule has 0 N–H and O–H groups in total. The maximum atomic E-state index is 3.63. The van der Waals surface area contributed by atoms with E-state index in [2.05, 4.69) is 62.1 Å². The summed E-state index contributed by atoms with van der Waals surface area (Å²) < 4.78 is 0. The van der Waals surface area contributed by atoms with Crippen molar-refractivity contribution < 1.29 is 0 Å². The van der Waals surface area contributed by atoms with Crippen molar-refractivity contribution >= 4 is 12.2 Å². The average molecular weight is 391 g/mol. The van der Waals surface area contributed by atoms with Gasteiger partial charge in [0, 0.05) is 0 Å². The fraction of sp³-hybridized carbons (Fsp3) is 0.0667. The number of aryl methyl sites for hydroxylation is 1. The van der Waals surface area contributed by atoms with Crippen LogP contribution in [-0.4, -0.2) is 0 Å². The van der Waals surface area contributed by atoms with E-state index in [1.54, 1.807) is 0 Å². The second-order valence-corrected chi connectivity index (χ2v) is 6.73. The fourth-order valence-electron chi connectivity index (χ4n) is 2.70. The number of benzene rings is 4. The molecule has 0 saturated carbocycles. The lowest BCUT2D eigenvalue weighted by molar-refractivity contribution is 1.31. The highest BCUT2D eigenvalue weighted by Crippen LogP contribution is 2.17. The Morgan fingerprint density at radius 2 is 1.07 bits per heavy atom. The zero-order chi connectivity index (χ0) is 21.3. The number of hydrogen-bond acceptors (Lipinski definition) is 0. The highest BCUT2D eigenvalue weighted by molar-refractivity contribution is 5.59. The molecule has 0 radical (unpaired) electrons. The topological polar surface area (TPSA) is 0 Å². The van der Waals surface area contributed by atoms with Crippen molar-refractivity contribution in [1.29, 1.82) is 0 Å². The second-order valence-electron chi connectivity index (χ2n) is 6.73. The first-order valence-corrected chi connectivity index (χ1v) is 10.2.